The molecule has 3 aromatic rings. The normalized spacial score (nSPS) is 11.0. The van der Waals surface area contributed by atoms with Gasteiger partial charge < -0.3 is 5.32 Å². The molecule has 3 rings (SSSR count). The van der Waals surface area contributed by atoms with Crippen LogP contribution in [0.2, 0.25) is 0 Å². The monoisotopic (exact) mass is 404 g/mol. The summed E-state index contributed by atoms with van der Waals surface area (Å²) in [6.07, 6.45) is 3.59. The molecule has 0 saturated heterocycles. The van der Waals surface area contributed by atoms with Crippen LogP contribution in [0.4, 0.5) is 0 Å². The number of amides is 1. The zero-order valence-electron chi connectivity index (χ0n) is 13.4. The van der Waals surface area contributed by atoms with Crippen LogP contribution in [0.1, 0.15) is 40.8 Å². The molecule has 124 valence electrons. The van der Waals surface area contributed by atoms with Crippen LogP contribution in [-0.4, -0.2) is 20.7 Å². The third-order valence-electron chi connectivity index (χ3n) is 3.44. The minimum Gasteiger partial charge on any atom is -0.346 e. The van der Waals surface area contributed by atoms with E-state index >= 15 is 0 Å². The number of hydrogen-bond acceptors (Lipinski definition) is 4. The highest BCUT2D eigenvalue weighted by atomic mass is 79.9. The van der Waals surface area contributed by atoms with Gasteiger partial charge in [-0.3, -0.25) is 4.79 Å². The topological polar surface area (TPSA) is 59.8 Å². The number of thiazole rings is 1. The van der Waals surface area contributed by atoms with E-state index in [0.717, 1.165) is 20.9 Å². The fourth-order valence-electron chi connectivity index (χ4n) is 2.15. The minimum atomic E-state index is -0.109. The van der Waals surface area contributed by atoms with E-state index < -0.39 is 0 Å². The van der Waals surface area contributed by atoms with Gasteiger partial charge in [0.15, 0.2) is 0 Å². The molecule has 0 spiro atoms. The average molecular weight is 405 g/mol. The maximum Gasteiger partial charge on any atom is 0.251 e. The predicted molar refractivity (Wildman–Crippen MR) is 98.6 cm³/mol. The lowest BCUT2D eigenvalue weighted by Gasteiger charge is -2.05. The second-order valence-corrected chi connectivity index (χ2v) is 7.47. The van der Waals surface area contributed by atoms with Gasteiger partial charge in [0.2, 0.25) is 0 Å². The van der Waals surface area contributed by atoms with E-state index in [-0.39, 0.29) is 5.91 Å². The molecule has 5 nitrogen and oxygen atoms in total. The summed E-state index contributed by atoms with van der Waals surface area (Å²) in [7, 11) is 0. The van der Waals surface area contributed by atoms with Crippen molar-refractivity contribution in [3.63, 3.8) is 0 Å². The van der Waals surface area contributed by atoms with E-state index in [4.69, 9.17) is 0 Å². The quantitative estimate of drug-likeness (QED) is 0.694. The van der Waals surface area contributed by atoms with Gasteiger partial charge in [-0.25, -0.2) is 9.67 Å². The van der Waals surface area contributed by atoms with Crippen LogP contribution in [-0.2, 0) is 6.54 Å². The number of carbonyl (C=O) groups is 1. The minimum absolute atomic E-state index is 0.109. The lowest BCUT2D eigenvalue weighted by Crippen LogP contribution is -2.23. The largest absolute Gasteiger partial charge is 0.346 e. The van der Waals surface area contributed by atoms with Crippen LogP contribution in [0.15, 0.2) is 46.5 Å². The van der Waals surface area contributed by atoms with Crippen molar-refractivity contribution in [2.24, 2.45) is 0 Å². The molecule has 0 radical (unpaired) electrons. The number of carbonyl (C=O) groups excluding carboxylic acids is 1. The Morgan fingerprint density at radius 2 is 2.08 bits per heavy atom. The lowest BCUT2D eigenvalue weighted by atomic mass is 10.2. The van der Waals surface area contributed by atoms with Crippen LogP contribution in [0, 0.1) is 0 Å². The zero-order valence-corrected chi connectivity index (χ0v) is 15.8. The molecule has 2 aromatic heterocycles. The van der Waals surface area contributed by atoms with Crippen molar-refractivity contribution < 1.29 is 4.79 Å². The summed E-state index contributed by atoms with van der Waals surface area (Å²) < 4.78 is 2.66. The van der Waals surface area contributed by atoms with Gasteiger partial charge in [0.1, 0.15) is 0 Å². The summed E-state index contributed by atoms with van der Waals surface area (Å²) in [5, 5.41) is 10.2. The molecule has 24 heavy (non-hydrogen) atoms. The SMILES string of the molecule is CC(C)c1nc(CNC(=O)c2ccc(-n3cc(Br)cn3)cc2)cs1. The molecule has 0 aliphatic carbocycles. The maximum absolute atomic E-state index is 12.2. The number of benzene rings is 1. The van der Waals surface area contributed by atoms with E-state index in [2.05, 4.69) is 45.2 Å². The number of halogens is 1. The Bertz CT molecular complexity index is 838. The van der Waals surface area contributed by atoms with Gasteiger partial charge in [-0.05, 0) is 40.2 Å². The van der Waals surface area contributed by atoms with Gasteiger partial charge in [0.05, 0.1) is 33.6 Å². The van der Waals surface area contributed by atoms with Crippen molar-refractivity contribution in [1.29, 1.82) is 0 Å². The summed E-state index contributed by atoms with van der Waals surface area (Å²) in [5.41, 5.74) is 2.41. The number of nitrogens with zero attached hydrogens (tertiary/aromatic N) is 3. The first-order valence-corrected chi connectivity index (χ1v) is 9.23. The van der Waals surface area contributed by atoms with Gasteiger partial charge in [0.25, 0.3) is 5.91 Å². The average Bonchev–Trinajstić information content (AvgIpc) is 3.22. The molecule has 0 bridgehead atoms. The molecule has 0 unspecified atom stereocenters. The molecule has 0 aliphatic rings. The third kappa shape index (κ3) is 3.91. The molecule has 0 aliphatic heterocycles. The highest BCUT2D eigenvalue weighted by molar-refractivity contribution is 9.10. The van der Waals surface area contributed by atoms with Gasteiger partial charge >= 0.3 is 0 Å². The van der Waals surface area contributed by atoms with Crippen LogP contribution in [0.25, 0.3) is 5.69 Å². The second kappa shape index (κ2) is 7.27. The summed E-state index contributed by atoms with van der Waals surface area (Å²) in [5.74, 6) is 0.302. The Hall–Kier alpha value is -1.99. The standard InChI is InChI=1S/C17H17BrN4OS/c1-11(2)17-21-14(10-24-17)8-19-16(23)12-3-5-15(6-4-12)22-9-13(18)7-20-22/h3-7,9-11H,8H2,1-2H3,(H,19,23). The van der Waals surface area contributed by atoms with Crippen molar-refractivity contribution in [1.82, 2.24) is 20.1 Å². The first-order valence-electron chi connectivity index (χ1n) is 7.56. The Morgan fingerprint density at radius 1 is 1.33 bits per heavy atom. The number of rotatable bonds is 5. The van der Waals surface area contributed by atoms with Crippen LogP contribution in [0.5, 0.6) is 0 Å². The van der Waals surface area contributed by atoms with E-state index in [0.29, 0.717) is 18.0 Å². The number of aromatic nitrogens is 3. The van der Waals surface area contributed by atoms with Gasteiger partial charge in [0, 0.05) is 23.1 Å². The zero-order chi connectivity index (χ0) is 17.1. The Morgan fingerprint density at radius 3 is 2.67 bits per heavy atom. The van der Waals surface area contributed by atoms with Crippen LogP contribution >= 0.6 is 27.3 Å². The molecular weight excluding hydrogens is 388 g/mol. The van der Waals surface area contributed by atoms with Gasteiger partial charge in [-0.2, -0.15) is 5.10 Å². The van der Waals surface area contributed by atoms with E-state index in [1.54, 1.807) is 34.3 Å². The highest BCUT2D eigenvalue weighted by Crippen LogP contribution is 2.19. The molecule has 0 fully saturated rings. The first kappa shape index (κ1) is 16.9. The van der Waals surface area contributed by atoms with Crippen molar-refractivity contribution >= 4 is 33.2 Å². The summed E-state index contributed by atoms with van der Waals surface area (Å²) >= 11 is 5.00. The molecule has 7 heteroatoms. The lowest BCUT2D eigenvalue weighted by molar-refractivity contribution is 0.0950. The Labute approximate surface area is 152 Å². The van der Waals surface area contributed by atoms with Crippen molar-refractivity contribution in [3.05, 3.63) is 62.8 Å². The number of nitrogens with one attached hydrogen (secondary N) is 1. The smallest absolute Gasteiger partial charge is 0.251 e. The number of hydrogen-bond donors (Lipinski definition) is 1. The highest BCUT2D eigenvalue weighted by Gasteiger charge is 2.09. The van der Waals surface area contributed by atoms with Crippen LogP contribution < -0.4 is 5.32 Å². The Balaban J connectivity index is 1.62. The van der Waals surface area contributed by atoms with Crippen molar-refractivity contribution in [3.8, 4) is 5.69 Å². The molecule has 1 aromatic carbocycles. The van der Waals surface area contributed by atoms with Crippen molar-refractivity contribution in [2.75, 3.05) is 0 Å². The summed E-state index contributed by atoms with van der Waals surface area (Å²) in [6.45, 7) is 4.66. The first-order chi connectivity index (χ1) is 11.5. The fraction of sp³-hybridized carbons (Fsp3) is 0.235. The molecule has 1 amide bonds. The Kier molecular flexibility index (Phi) is 5.11. The maximum atomic E-state index is 12.2. The van der Waals surface area contributed by atoms with E-state index in [1.165, 1.54) is 0 Å². The summed E-state index contributed by atoms with van der Waals surface area (Å²) in [4.78, 5) is 16.8. The molecule has 0 atom stereocenters. The van der Waals surface area contributed by atoms with Crippen molar-refractivity contribution in [2.45, 2.75) is 26.3 Å². The second-order valence-electron chi connectivity index (χ2n) is 5.66. The molecule has 2 heterocycles. The van der Waals surface area contributed by atoms with E-state index in [9.17, 15) is 4.79 Å². The molecule has 0 saturated carbocycles. The van der Waals surface area contributed by atoms with Crippen LogP contribution in [0.3, 0.4) is 0 Å². The molecule has 1 N–H and O–H groups in total. The van der Waals surface area contributed by atoms with Gasteiger partial charge in [-0.15, -0.1) is 11.3 Å². The van der Waals surface area contributed by atoms with Gasteiger partial charge in [-0.1, -0.05) is 13.8 Å². The molecular formula is C17H17BrN4OS. The third-order valence-corrected chi connectivity index (χ3v) is 5.04. The summed E-state index contributed by atoms with van der Waals surface area (Å²) in [6, 6.07) is 7.32. The predicted octanol–water partition coefficient (Wildman–Crippen LogP) is 4.14. The van der Waals surface area contributed by atoms with E-state index in [1.807, 2.05) is 23.7 Å². The fourth-order valence-corrected chi connectivity index (χ4v) is 3.27.